The molecule has 1 saturated carbocycles. The maximum atomic E-state index is 5.97. The van der Waals surface area contributed by atoms with Crippen molar-refractivity contribution in [2.45, 2.75) is 51.3 Å². The van der Waals surface area contributed by atoms with Gasteiger partial charge < -0.3 is 15.0 Å². The second kappa shape index (κ2) is 6.15. The van der Waals surface area contributed by atoms with Crippen molar-refractivity contribution >= 4 is 5.69 Å². The average Bonchev–Trinajstić information content (AvgIpc) is 2.49. The second-order valence-electron chi connectivity index (χ2n) is 6.10. The lowest BCUT2D eigenvalue weighted by atomic mass is 9.89. The average molecular weight is 274 g/mol. The van der Waals surface area contributed by atoms with Crippen LogP contribution in [0.3, 0.4) is 0 Å². The van der Waals surface area contributed by atoms with Gasteiger partial charge in [-0.3, -0.25) is 0 Å². The van der Waals surface area contributed by atoms with E-state index in [9.17, 15) is 0 Å². The van der Waals surface area contributed by atoms with Gasteiger partial charge in [-0.25, -0.2) is 0 Å². The minimum atomic E-state index is 0.454. The molecular weight excluding hydrogens is 248 g/mol. The molecule has 1 heterocycles. The van der Waals surface area contributed by atoms with Crippen molar-refractivity contribution in [1.29, 1.82) is 0 Å². The van der Waals surface area contributed by atoms with Crippen molar-refractivity contribution in [2.24, 2.45) is 0 Å². The Labute approximate surface area is 122 Å². The number of rotatable bonds is 3. The first kappa shape index (κ1) is 13.9. The van der Waals surface area contributed by atoms with Crippen LogP contribution in [0.2, 0.25) is 0 Å². The molecule has 0 amide bonds. The first-order valence-electron chi connectivity index (χ1n) is 7.92. The van der Waals surface area contributed by atoms with Crippen LogP contribution in [-0.2, 0) is 11.3 Å². The van der Waals surface area contributed by atoms with Crippen LogP contribution in [-0.4, -0.2) is 32.3 Å². The molecule has 1 saturated heterocycles. The molecule has 2 fully saturated rings. The van der Waals surface area contributed by atoms with Gasteiger partial charge in [-0.05, 0) is 50.1 Å². The highest BCUT2D eigenvalue weighted by Gasteiger charge is 2.34. The predicted octanol–water partition coefficient (Wildman–Crippen LogP) is 2.86. The first-order chi connectivity index (χ1) is 9.79. The van der Waals surface area contributed by atoms with Gasteiger partial charge in [0, 0.05) is 18.8 Å². The number of hydrogen-bond acceptors (Lipinski definition) is 3. The number of aryl methyl sites for hydroxylation is 1. The number of anilines is 1. The lowest BCUT2D eigenvalue weighted by molar-refractivity contribution is -0.00868. The molecule has 2 atom stereocenters. The molecule has 1 N–H and O–H groups in total. The Bertz CT molecular complexity index is 458. The Morgan fingerprint density at radius 2 is 2.15 bits per heavy atom. The molecule has 0 radical (unpaired) electrons. The Balaban J connectivity index is 1.82. The van der Waals surface area contributed by atoms with E-state index < -0.39 is 0 Å². The number of nitrogens with one attached hydrogen (secondary N) is 1. The summed E-state index contributed by atoms with van der Waals surface area (Å²) in [6.07, 6.45) is 5.64. The molecule has 2 unspecified atom stereocenters. The van der Waals surface area contributed by atoms with Gasteiger partial charge in [0.15, 0.2) is 0 Å². The molecule has 3 rings (SSSR count). The van der Waals surface area contributed by atoms with Gasteiger partial charge in [0.1, 0.15) is 0 Å². The smallest absolute Gasteiger partial charge is 0.0779 e. The molecular formula is C17H26N2O. The first-order valence-corrected chi connectivity index (χ1v) is 7.92. The normalized spacial score (nSPS) is 26.4. The monoisotopic (exact) mass is 274 g/mol. The van der Waals surface area contributed by atoms with Gasteiger partial charge >= 0.3 is 0 Å². The highest BCUT2D eigenvalue weighted by Crippen LogP contribution is 2.32. The van der Waals surface area contributed by atoms with E-state index >= 15 is 0 Å². The zero-order chi connectivity index (χ0) is 13.9. The number of morpholine rings is 1. The molecule has 0 spiro atoms. The largest absolute Gasteiger partial charge is 0.374 e. The molecule has 110 valence electrons. The number of hydrogen-bond donors (Lipinski definition) is 1. The maximum Gasteiger partial charge on any atom is 0.0779 e. The Hall–Kier alpha value is -1.06. The van der Waals surface area contributed by atoms with Gasteiger partial charge in [-0.1, -0.05) is 18.9 Å². The highest BCUT2D eigenvalue weighted by molar-refractivity contribution is 5.52. The number of benzene rings is 1. The van der Waals surface area contributed by atoms with Crippen LogP contribution in [0.1, 0.15) is 36.8 Å². The van der Waals surface area contributed by atoms with Crippen molar-refractivity contribution in [1.82, 2.24) is 5.32 Å². The Kier molecular flexibility index (Phi) is 4.27. The molecule has 3 nitrogen and oxygen atoms in total. The van der Waals surface area contributed by atoms with Gasteiger partial charge in [0.05, 0.1) is 18.8 Å². The number of fused-ring (bicyclic) bond motifs is 1. The third-order valence-corrected chi connectivity index (χ3v) is 4.76. The summed E-state index contributed by atoms with van der Waals surface area (Å²) < 4.78 is 5.97. The van der Waals surface area contributed by atoms with Crippen LogP contribution >= 0.6 is 0 Å². The molecule has 3 heteroatoms. The van der Waals surface area contributed by atoms with E-state index in [4.69, 9.17) is 4.74 Å². The van der Waals surface area contributed by atoms with E-state index in [2.05, 4.69) is 35.3 Å². The number of nitrogens with zero attached hydrogens (tertiary/aromatic N) is 1. The maximum absolute atomic E-state index is 5.97. The standard InChI is InChI=1S/C17H26N2O/c1-13-11-15(8-7-14(13)12-18-2)19-9-10-20-17-6-4-3-5-16(17)19/h7-8,11,16-18H,3-6,9-10,12H2,1-2H3. The van der Waals surface area contributed by atoms with Crippen LogP contribution in [0, 0.1) is 6.92 Å². The fourth-order valence-corrected chi connectivity index (χ4v) is 3.66. The van der Waals surface area contributed by atoms with Crippen molar-refractivity contribution in [3.8, 4) is 0 Å². The molecule has 20 heavy (non-hydrogen) atoms. The zero-order valence-electron chi connectivity index (χ0n) is 12.7. The van der Waals surface area contributed by atoms with Crippen molar-refractivity contribution in [3.63, 3.8) is 0 Å². The van der Waals surface area contributed by atoms with Gasteiger partial charge in [-0.15, -0.1) is 0 Å². The molecule has 0 aromatic heterocycles. The van der Waals surface area contributed by atoms with Gasteiger partial charge in [-0.2, -0.15) is 0 Å². The van der Waals surface area contributed by atoms with Crippen LogP contribution < -0.4 is 10.2 Å². The summed E-state index contributed by atoms with van der Waals surface area (Å²) in [7, 11) is 2.00. The minimum absolute atomic E-state index is 0.454. The highest BCUT2D eigenvalue weighted by atomic mass is 16.5. The third-order valence-electron chi connectivity index (χ3n) is 4.76. The summed E-state index contributed by atoms with van der Waals surface area (Å²) in [6.45, 7) is 5.07. The SMILES string of the molecule is CNCc1ccc(N2CCOC3CCCCC32)cc1C. The van der Waals surface area contributed by atoms with Crippen LogP contribution in [0.15, 0.2) is 18.2 Å². The van der Waals surface area contributed by atoms with Crippen LogP contribution in [0.25, 0.3) is 0 Å². The quantitative estimate of drug-likeness (QED) is 0.917. The molecule has 1 aliphatic carbocycles. The van der Waals surface area contributed by atoms with E-state index in [0.717, 1.165) is 19.7 Å². The molecule has 1 aliphatic heterocycles. The summed E-state index contributed by atoms with van der Waals surface area (Å²) in [5, 5.41) is 3.24. The van der Waals surface area contributed by atoms with Crippen molar-refractivity contribution in [3.05, 3.63) is 29.3 Å². The van der Waals surface area contributed by atoms with Gasteiger partial charge in [0.2, 0.25) is 0 Å². The van der Waals surface area contributed by atoms with E-state index in [0.29, 0.717) is 12.1 Å². The lowest BCUT2D eigenvalue weighted by Gasteiger charge is -2.45. The lowest BCUT2D eigenvalue weighted by Crippen LogP contribution is -2.52. The summed E-state index contributed by atoms with van der Waals surface area (Å²) in [5.74, 6) is 0. The molecule has 1 aromatic carbocycles. The predicted molar refractivity (Wildman–Crippen MR) is 83.3 cm³/mol. The summed E-state index contributed by atoms with van der Waals surface area (Å²) in [5.41, 5.74) is 4.16. The summed E-state index contributed by atoms with van der Waals surface area (Å²) in [6, 6.07) is 7.50. The van der Waals surface area contributed by atoms with E-state index in [-0.39, 0.29) is 0 Å². The second-order valence-corrected chi connectivity index (χ2v) is 6.10. The van der Waals surface area contributed by atoms with E-state index in [1.54, 1.807) is 0 Å². The topological polar surface area (TPSA) is 24.5 Å². The fraction of sp³-hybridized carbons (Fsp3) is 0.647. The van der Waals surface area contributed by atoms with Crippen molar-refractivity contribution < 1.29 is 4.74 Å². The summed E-state index contributed by atoms with van der Waals surface area (Å²) in [4.78, 5) is 2.59. The molecule has 2 aliphatic rings. The number of ether oxygens (including phenoxy) is 1. The minimum Gasteiger partial charge on any atom is -0.374 e. The van der Waals surface area contributed by atoms with Crippen LogP contribution in [0.4, 0.5) is 5.69 Å². The third kappa shape index (κ3) is 2.70. The Morgan fingerprint density at radius 1 is 1.30 bits per heavy atom. The van der Waals surface area contributed by atoms with E-state index in [1.807, 2.05) is 7.05 Å². The zero-order valence-corrected chi connectivity index (χ0v) is 12.7. The van der Waals surface area contributed by atoms with Crippen LogP contribution in [0.5, 0.6) is 0 Å². The van der Waals surface area contributed by atoms with E-state index in [1.165, 1.54) is 42.5 Å². The summed E-state index contributed by atoms with van der Waals surface area (Å²) >= 11 is 0. The fourth-order valence-electron chi connectivity index (χ4n) is 3.66. The Morgan fingerprint density at radius 3 is 2.95 bits per heavy atom. The van der Waals surface area contributed by atoms with Crippen molar-refractivity contribution in [2.75, 3.05) is 25.1 Å². The van der Waals surface area contributed by atoms with Gasteiger partial charge in [0.25, 0.3) is 0 Å². The molecule has 0 bridgehead atoms. The molecule has 1 aromatic rings.